The van der Waals surface area contributed by atoms with Gasteiger partial charge < -0.3 is 10.5 Å². The molecule has 0 saturated carbocycles. The molecule has 0 saturated heterocycles. The quantitative estimate of drug-likeness (QED) is 0.808. The molecule has 0 aliphatic rings. The number of rotatable bonds is 1. The second-order valence-corrected chi connectivity index (χ2v) is 3.90. The summed E-state index contributed by atoms with van der Waals surface area (Å²) in [5, 5.41) is 0. The van der Waals surface area contributed by atoms with Crippen LogP contribution in [0.3, 0.4) is 0 Å². The van der Waals surface area contributed by atoms with Crippen molar-refractivity contribution in [2.45, 2.75) is 0 Å². The molecule has 0 bridgehead atoms. The second-order valence-electron chi connectivity index (χ2n) is 3.05. The van der Waals surface area contributed by atoms with Crippen LogP contribution in [-0.2, 0) is 0 Å². The number of halogens is 1. The van der Waals surface area contributed by atoms with E-state index in [1.54, 1.807) is 19.2 Å². The predicted molar refractivity (Wildman–Crippen MR) is 71.5 cm³/mol. The highest BCUT2D eigenvalue weighted by Crippen LogP contribution is 2.25. The summed E-state index contributed by atoms with van der Waals surface area (Å²) in [4.78, 5) is 0. The van der Waals surface area contributed by atoms with Crippen LogP contribution in [0.4, 0.5) is 5.69 Å². The molecule has 0 fully saturated rings. The van der Waals surface area contributed by atoms with Gasteiger partial charge in [-0.2, -0.15) is 0 Å². The van der Waals surface area contributed by atoms with Crippen LogP contribution in [0.5, 0.6) is 5.75 Å². The number of anilines is 1. The Bertz CT molecular complexity index is 391. The summed E-state index contributed by atoms with van der Waals surface area (Å²) in [7, 11) is 1.62. The molecular weight excluding hydrogens is 266 g/mol. The zero-order valence-corrected chi connectivity index (χ0v) is 10.6. The molecule has 0 aliphatic heterocycles. The summed E-state index contributed by atoms with van der Waals surface area (Å²) in [6, 6.07) is 17.4. The van der Waals surface area contributed by atoms with Crippen molar-refractivity contribution in [1.29, 1.82) is 0 Å². The van der Waals surface area contributed by atoms with Crippen molar-refractivity contribution in [2.75, 3.05) is 12.8 Å². The van der Waals surface area contributed by atoms with E-state index in [4.69, 9.17) is 10.5 Å². The molecule has 16 heavy (non-hydrogen) atoms. The van der Waals surface area contributed by atoms with Crippen molar-refractivity contribution in [3.63, 3.8) is 0 Å². The third-order valence-corrected chi connectivity index (χ3v) is 2.46. The molecule has 2 nitrogen and oxygen atoms in total. The Balaban J connectivity index is 0.000000181. The van der Waals surface area contributed by atoms with Gasteiger partial charge in [0, 0.05) is 5.69 Å². The number of ether oxygens (including phenoxy) is 1. The van der Waals surface area contributed by atoms with E-state index in [0.29, 0.717) is 0 Å². The number of nitrogen functional groups attached to an aromatic ring is 1. The van der Waals surface area contributed by atoms with Crippen LogP contribution >= 0.6 is 15.9 Å². The van der Waals surface area contributed by atoms with Gasteiger partial charge in [-0.3, -0.25) is 0 Å². The minimum atomic E-state index is 0.729. The van der Waals surface area contributed by atoms with E-state index < -0.39 is 0 Å². The summed E-state index contributed by atoms with van der Waals surface area (Å²) in [5.74, 6) is 0.800. The fourth-order valence-electron chi connectivity index (χ4n) is 1.07. The van der Waals surface area contributed by atoms with Crippen molar-refractivity contribution in [3.8, 4) is 5.75 Å². The van der Waals surface area contributed by atoms with Gasteiger partial charge in [0.1, 0.15) is 5.75 Å². The van der Waals surface area contributed by atoms with Crippen molar-refractivity contribution >= 4 is 21.6 Å². The van der Waals surface area contributed by atoms with Crippen LogP contribution < -0.4 is 10.5 Å². The van der Waals surface area contributed by atoms with Crippen LogP contribution in [0.1, 0.15) is 0 Å². The molecule has 0 spiro atoms. The van der Waals surface area contributed by atoms with Crippen LogP contribution in [0.2, 0.25) is 0 Å². The van der Waals surface area contributed by atoms with Gasteiger partial charge in [0.05, 0.1) is 11.6 Å². The van der Waals surface area contributed by atoms with Crippen molar-refractivity contribution in [2.24, 2.45) is 0 Å². The van der Waals surface area contributed by atoms with Gasteiger partial charge in [0.15, 0.2) is 0 Å². The Labute approximate surface area is 104 Å². The van der Waals surface area contributed by atoms with E-state index in [9.17, 15) is 0 Å². The van der Waals surface area contributed by atoms with Crippen LogP contribution in [0.25, 0.3) is 0 Å². The standard InChI is InChI=1S/C7H8BrNO.C6H6/c1-10-7-3-2-5(9)4-6(7)8;1-2-4-6-5-3-1/h2-4H,9H2,1H3;1-6H. The number of nitrogens with two attached hydrogens (primary N) is 1. The minimum Gasteiger partial charge on any atom is -0.496 e. The molecule has 0 amide bonds. The smallest absolute Gasteiger partial charge is 0.133 e. The first kappa shape index (κ1) is 12.6. The van der Waals surface area contributed by atoms with E-state index in [1.165, 1.54) is 0 Å². The molecule has 2 rings (SSSR count). The van der Waals surface area contributed by atoms with Crippen molar-refractivity contribution < 1.29 is 4.74 Å². The molecular formula is C13H14BrNO. The number of benzene rings is 2. The lowest BCUT2D eigenvalue weighted by molar-refractivity contribution is 0.412. The average Bonchev–Trinajstić information content (AvgIpc) is 2.32. The molecule has 84 valence electrons. The topological polar surface area (TPSA) is 35.2 Å². The average molecular weight is 280 g/mol. The van der Waals surface area contributed by atoms with Crippen LogP contribution in [0.15, 0.2) is 59.1 Å². The maximum absolute atomic E-state index is 5.50. The Morgan fingerprint density at radius 1 is 1.00 bits per heavy atom. The Hall–Kier alpha value is -1.48. The molecule has 0 aromatic heterocycles. The van der Waals surface area contributed by atoms with Gasteiger partial charge in [-0.1, -0.05) is 36.4 Å². The van der Waals surface area contributed by atoms with Crippen LogP contribution in [0, 0.1) is 0 Å². The number of hydrogen-bond acceptors (Lipinski definition) is 2. The highest BCUT2D eigenvalue weighted by Gasteiger charge is 1.97. The summed E-state index contributed by atoms with van der Waals surface area (Å²) in [5.41, 5.74) is 6.23. The summed E-state index contributed by atoms with van der Waals surface area (Å²) in [6.45, 7) is 0. The first-order chi connectivity index (χ1) is 7.74. The van der Waals surface area contributed by atoms with E-state index in [0.717, 1.165) is 15.9 Å². The fraction of sp³-hybridized carbons (Fsp3) is 0.0769. The van der Waals surface area contributed by atoms with Crippen LogP contribution in [-0.4, -0.2) is 7.11 Å². The number of methoxy groups -OCH3 is 1. The van der Waals surface area contributed by atoms with E-state index in [-0.39, 0.29) is 0 Å². The summed E-state index contributed by atoms with van der Waals surface area (Å²) >= 11 is 3.30. The van der Waals surface area contributed by atoms with Gasteiger partial charge in [0.25, 0.3) is 0 Å². The maximum atomic E-state index is 5.50. The Morgan fingerprint density at radius 3 is 1.88 bits per heavy atom. The third-order valence-electron chi connectivity index (χ3n) is 1.84. The van der Waals surface area contributed by atoms with E-state index >= 15 is 0 Å². The predicted octanol–water partition coefficient (Wildman–Crippen LogP) is 3.73. The molecule has 3 heteroatoms. The maximum Gasteiger partial charge on any atom is 0.133 e. The molecule has 0 unspecified atom stereocenters. The Morgan fingerprint density at radius 2 is 1.50 bits per heavy atom. The van der Waals surface area contributed by atoms with Gasteiger partial charge in [-0.05, 0) is 34.1 Å². The first-order valence-electron chi connectivity index (χ1n) is 4.83. The third kappa shape index (κ3) is 4.36. The van der Waals surface area contributed by atoms with E-state index in [2.05, 4.69) is 15.9 Å². The number of hydrogen-bond donors (Lipinski definition) is 1. The second kappa shape index (κ2) is 6.90. The molecule has 0 aliphatic carbocycles. The minimum absolute atomic E-state index is 0.729. The highest BCUT2D eigenvalue weighted by atomic mass is 79.9. The van der Waals surface area contributed by atoms with E-state index in [1.807, 2.05) is 42.5 Å². The van der Waals surface area contributed by atoms with Crippen molar-refractivity contribution in [1.82, 2.24) is 0 Å². The molecule has 0 heterocycles. The van der Waals surface area contributed by atoms with Gasteiger partial charge in [-0.25, -0.2) is 0 Å². The highest BCUT2D eigenvalue weighted by molar-refractivity contribution is 9.10. The lowest BCUT2D eigenvalue weighted by Gasteiger charge is -2.01. The monoisotopic (exact) mass is 279 g/mol. The van der Waals surface area contributed by atoms with Crippen molar-refractivity contribution in [3.05, 3.63) is 59.1 Å². The zero-order chi connectivity index (χ0) is 11.8. The van der Waals surface area contributed by atoms with Gasteiger partial charge in [-0.15, -0.1) is 0 Å². The molecule has 2 N–H and O–H groups in total. The lowest BCUT2D eigenvalue weighted by atomic mass is 10.3. The lowest BCUT2D eigenvalue weighted by Crippen LogP contribution is -1.87. The molecule has 0 atom stereocenters. The van der Waals surface area contributed by atoms with Gasteiger partial charge >= 0.3 is 0 Å². The SMILES string of the molecule is COc1ccc(N)cc1Br.c1ccccc1. The Kier molecular flexibility index (Phi) is 5.43. The summed E-state index contributed by atoms with van der Waals surface area (Å²) < 4.78 is 5.88. The summed E-state index contributed by atoms with van der Waals surface area (Å²) in [6.07, 6.45) is 0. The zero-order valence-electron chi connectivity index (χ0n) is 9.06. The first-order valence-corrected chi connectivity index (χ1v) is 5.62. The molecule has 2 aromatic rings. The van der Waals surface area contributed by atoms with Gasteiger partial charge in [0.2, 0.25) is 0 Å². The largest absolute Gasteiger partial charge is 0.496 e. The molecule has 2 aromatic carbocycles. The fourth-order valence-corrected chi connectivity index (χ4v) is 1.63. The normalized spacial score (nSPS) is 8.88. The molecule has 0 radical (unpaired) electrons.